The standard InChI is InChI=1S/C22H24O/c1-17(23)15-20-11-9-18(10-12-20)5-2-3-6-19-13-14-21-7-4-8-22(21)16-19/h4,8-14,16H,2-3,5-7,15H2,1H3. The first kappa shape index (κ1) is 15.7. The lowest BCUT2D eigenvalue weighted by atomic mass is 9.99. The van der Waals surface area contributed by atoms with Crippen LogP contribution in [0.5, 0.6) is 0 Å². The molecular weight excluding hydrogens is 280 g/mol. The molecule has 1 aliphatic rings. The molecule has 0 fully saturated rings. The van der Waals surface area contributed by atoms with Crippen LogP contribution in [0.1, 0.15) is 47.6 Å². The van der Waals surface area contributed by atoms with Gasteiger partial charge in [-0.05, 0) is 66.8 Å². The minimum absolute atomic E-state index is 0.224. The lowest BCUT2D eigenvalue weighted by molar-refractivity contribution is -0.116. The van der Waals surface area contributed by atoms with Gasteiger partial charge >= 0.3 is 0 Å². The van der Waals surface area contributed by atoms with Crippen LogP contribution in [0.25, 0.3) is 6.08 Å². The van der Waals surface area contributed by atoms with Crippen LogP contribution >= 0.6 is 0 Å². The number of benzene rings is 2. The maximum atomic E-state index is 11.1. The van der Waals surface area contributed by atoms with E-state index in [2.05, 4.69) is 54.6 Å². The first-order chi connectivity index (χ1) is 11.2. The third-order valence-corrected chi connectivity index (χ3v) is 4.50. The van der Waals surface area contributed by atoms with E-state index in [1.807, 2.05) is 0 Å². The zero-order valence-electron chi connectivity index (χ0n) is 13.8. The molecule has 0 aliphatic heterocycles. The van der Waals surface area contributed by atoms with Crippen molar-refractivity contribution in [2.45, 2.75) is 45.4 Å². The lowest BCUT2D eigenvalue weighted by Gasteiger charge is -2.06. The summed E-state index contributed by atoms with van der Waals surface area (Å²) in [5.41, 5.74) is 6.80. The smallest absolute Gasteiger partial charge is 0.134 e. The van der Waals surface area contributed by atoms with Crippen molar-refractivity contribution in [3.63, 3.8) is 0 Å². The number of fused-ring (bicyclic) bond motifs is 1. The molecule has 0 bridgehead atoms. The van der Waals surface area contributed by atoms with Crippen LogP contribution < -0.4 is 0 Å². The van der Waals surface area contributed by atoms with Crippen molar-refractivity contribution in [2.24, 2.45) is 0 Å². The van der Waals surface area contributed by atoms with Crippen LogP contribution in [-0.2, 0) is 30.5 Å². The molecule has 0 unspecified atom stereocenters. The number of rotatable bonds is 7. The van der Waals surface area contributed by atoms with Crippen molar-refractivity contribution in [1.82, 2.24) is 0 Å². The summed E-state index contributed by atoms with van der Waals surface area (Å²) >= 11 is 0. The summed E-state index contributed by atoms with van der Waals surface area (Å²) in [6.45, 7) is 1.64. The summed E-state index contributed by atoms with van der Waals surface area (Å²) in [5, 5.41) is 0. The highest BCUT2D eigenvalue weighted by atomic mass is 16.1. The van der Waals surface area contributed by atoms with Gasteiger partial charge in [0.2, 0.25) is 0 Å². The molecule has 0 aromatic heterocycles. The summed E-state index contributed by atoms with van der Waals surface area (Å²) < 4.78 is 0. The summed E-state index contributed by atoms with van der Waals surface area (Å²) in [7, 11) is 0. The Balaban J connectivity index is 1.44. The van der Waals surface area contributed by atoms with Gasteiger partial charge in [0.1, 0.15) is 5.78 Å². The molecule has 1 aliphatic carbocycles. The van der Waals surface area contributed by atoms with Gasteiger partial charge in [-0.1, -0.05) is 54.6 Å². The number of Topliss-reactive ketones (excluding diaryl/α,β-unsaturated/α-hetero) is 1. The molecule has 2 aromatic carbocycles. The highest BCUT2D eigenvalue weighted by molar-refractivity contribution is 5.78. The van der Waals surface area contributed by atoms with E-state index in [9.17, 15) is 4.79 Å². The van der Waals surface area contributed by atoms with Gasteiger partial charge in [0.05, 0.1) is 0 Å². The summed E-state index contributed by atoms with van der Waals surface area (Å²) in [4.78, 5) is 11.1. The second-order valence-corrected chi connectivity index (χ2v) is 6.54. The fourth-order valence-electron chi connectivity index (χ4n) is 3.22. The largest absolute Gasteiger partial charge is 0.300 e. The molecule has 1 heteroatoms. The van der Waals surface area contributed by atoms with Gasteiger partial charge in [-0.15, -0.1) is 0 Å². The van der Waals surface area contributed by atoms with Crippen LogP contribution in [0.2, 0.25) is 0 Å². The molecule has 2 aromatic rings. The summed E-state index contributed by atoms with van der Waals surface area (Å²) in [6, 6.07) is 15.4. The first-order valence-corrected chi connectivity index (χ1v) is 8.56. The molecule has 3 rings (SSSR count). The Labute approximate surface area is 139 Å². The topological polar surface area (TPSA) is 17.1 Å². The molecule has 0 saturated carbocycles. The molecule has 118 valence electrons. The van der Waals surface area contributed by atoms with E-state index in [-0.39, 0.29) is 5.78 Å². The quantitative estimate of drug-likeness (QED) is 0.661. The molecule has 0 radical (unpaired) electrons. The number of ketones is 1. The maximum absolute atomic E-state index is 11.1. The Morgan fingerprint density at radius 1 is 0.913 bits per heavy atom. The third kappa shape index (κ3) is 4.41. The summed E-state index contributed by atoms with van der Waals surface area (Å²) in [6.07, 6.45) is 10.8. The van der Waals surface area contributed by atoms with Crippen molar-refractivity contribution < 1.29 is 4.79 Å². The Hall–Kier alpha value is -2.15. The van der Waals surface area contributed by atoms with E-state index in [1.165, 1.54) is 35.1 Å². The van der Waals surface area contributed by atoms with Crippen molar-refractivity contribution in [1.29, 1.82) is 0 Å². The van der Waals surface area contributed by atoms with Crippen LogP contribution in [0.15, 0.2) is 48.5 Å². The molecule has 23 heavy (non-hydrogen) atoms. The van der Waals surface area contributed by atoms with Crippen molar-refractivity contribution in [3.8, 4) is 0 Å². The van der Waals surface area contributed by atoms with Gasteiger partial charge in [-0.2, -0.15) is 0 Å². The van der Waals surface area contributed by atoms with E-state index < -0.39 is 0 Å². The molecule has 0 saturated heterocycles. The monoisotopic (exact) mass is 304 g/mol. The number of unbranched alkanes of at least 4 members (excludes halogenated alkanes) is 1. The minimum atomic E-state index is 0.224. The Morgan fingerprint density at radius 3 is 2.30 bits per heavy atom. The molecule has 0 N–H and O–H groups in total. The molecule has 1 nitrogen and oxygen atoms in total. The number of allylic oxidation sites excluding steroid dienone is 1. The fourth-order valence-corrected chi connectivity index (χ4v) is 3.22. The second kappa shape index (κ2) is 7.41. The van der Waals surface area contributed by atoms with E-state index >= 15 is 0 Å². The predicted molar refractivity (Wildman–Crippen MR) is 96.6 cm³/mol. The fraction of sp³-hybridized carbons (Fsp3) is 0.318. The third-order valence-electron chi connectivity index (χ3n) is 4.50. The zero-order valence-corrected chi connectivity index (χ0v) is 13.8. The van der Waals surface area contributed by atoms with E-state index in [4.69, 9.17) is 0 Å². The van der Waals surface area contributed by atoms with E-state index in [0.29, 0.717) is 6.42 Å². The van der Waals surface area contributed by atoms with Crippen LogP contribution in [-0.4, -0.2) is 5.78 Å². The van der Waals surface area contributed by atoms with Gasteiger partial charge in [0.15, 0.2) is 0 Å². The van der Waals surface area contributed by atoms with Gasteiger partial charge < -0.3 is 0 Å². The number of aryl methyl sites for hydroxylation is 2. The normalized spacial score (nSPS) is 12.4. The molecular formula is C22H24O. The zero-order chi connectivity index (χ0) is 16.1. The van der Waals surface area contributed by atoms with Crippen molar-refractivity contribution in [2.75, 3.05) is 0 Å². The highest BCUT2D eigenvalue weighted by Crippen LogP contribution is 2.21. The van der Waals surface area contributed by atoms with Crippen molar-refractivity contribution >= 4 is 11.9 Å². The maximum Gasteiger partial charge on any atom is 0.134 e. The van der Waals surface area contributed by atoms with Gasteiger partial charge in [0, 0.05) is 6.42 Å². The average Bonchev–Trinajstić information content (AvgIpc) is 3.00. The molecule has 0 heterocycles. The van der Waals surface area contributed by atoms with Crippen LogP contribution in [0, 0.1) is 0 Å². The Bertz CT molecular complexity index is 707. The van der Waals surface area contributed by atoms with Crippen LogP contribution in [0.4, 0.5) is 0 Å². The lowest BCUT2D eigenvalue weighted by Crippen LogP contribution is -1.96. The molecule has 0 amide bonds. The van der Waals surface area contributed by atoms with E-state index in [0.717, 1.165) is 24.8 Å². The number of carbonyl (C=O) groups is 1. The molecule has 0 spiro atoms. The number of hydrogen-bond donors (Lipinski definition) is 0. The Morgan fingerprint density at radius 2 is 1.57 bits per heavy atom. The van der Waals surface area contributed by atoms with Gasteiger partial charge in [0.25, 0.3) is 0 Å². The Kier molecular flexibility index (Phi) is 5.07. The summed E-state index contributed by atoms with van der Waals surface area (Å²) in [5.74, 6) is 0.224. The average molecular weight is 304 g/mol. The van der Waals surface area contributed by atoms with Gasteiger partial charge in [-0.25, -0.2) is 0 Å². The molecule has 0 atom stereocenters. The van der Waals surface area contributed by atoms with Crippen LogP contribution in [0.3, 0.4) is 0 Å². The van der Waals surface area contributed by atoms with Gasteiger partial charge in [-0.3, -0.25) is 4.79 Å². The first-order valence-electron chi connectivity index (χ1n) is 8.56. The predicted octanol–water partition coefficient (Wildman–Crippen LogP) is 4.95. The second-order valence-electron chi connectivity index (χ2n) is 6.54. The minimum Gasteiger partial charge on any atom is -0.300 e. The SMILES string of the molecule is CC(=O)Cc1ccc(CCCCc2ccc3c(c2)C=CC3)cc1. The highest BCUT2D eigenvalue weighted by Gasteiger charge is 2.05. The number of hydrogen-bond acceptors (Lipinski definition) is 1. The van der Waals surface area contributed by atoms with E-state index in [1.54, 1.807) is 6.92 Å². The number of carbonyl (C=O) groups excluding carboxylic acids is 1. The van der Waals surface area contributed by atoms with Crippen molar-refractivity contribution in [3.05, 3.63) is 76.4 Å².